The van der Waals surface area contributed by atoms with Gasteiger partial charge in [-0.1, -0.05) is 5.23 Å². The van der Waals surface area contributed by atoms with E-state index in [4.69, 9.17) is 14.2 Å². The molecular weight excluding hydrogens is 221 g/mol. The summed E-state index contributed by atoms with van der Waals surface area (Å²) >= 11 is 0. The molecule has 1 radical (unpaired) electrons. The quantitative estimate of drug-likeness (QED) is 0.371. The van der Waals surface area contributed by atoms with E-state index in [9.17, 15) is 8.42 Å². The van der Waals surface area contributed by atoms with Crippen molar-refractivity contribution in [3.63, 3.8) is 0 Å². The summed E-state index contributed by atoms with van der Waals surface area (Å²) in [7, 11) is -3.96. The molecule has 0 bridgehead atoms. The maximum absolute atomic E-state index is 10.4. The number of rotatable bonds is 7. The second-order valence-electron chi connectivity index (χ2n) is 2.18. The third kappa shape index (κ3) is 10.9. The fourth-order valence-corrected chi connectivity index (χ4v) is 1.02. The molecule has 0 saturated carbocycles. The summed E-state index contributed by atoms with van der Waals surface area (Å²) in [6.45, 7) is 4.25. The van der Waals surface area contributed by atoms with Gasteiger partial charge in [-0.3, -0.25) is 14.2 Å². The van der Waals surface area contributed by atoms with Gasteiger partial charge in [-0.25, -0.2) is 0 Å². The molecular formula is C6H15NNaO5S. The van der Waals surface area contributed by atoms with E-state index in [1.807, 2.05) is 0 Å². The van der Waals surface area contributed by atoms with Crippen LogP contribution in [0, 0.1) is 0 Å². The van der Waals surface area contributed by atoms with Crippen molar-refractivity contribution in [3.8, 4) is 0 Å². The maximum atomic E-state index is 10.4. The number of hydrogen-bond donors (Lipinski definition) is 1. The van der Waals surface area contributed by atoms with Gasteiger partial charge in [0, 0.05) is 29.6 Å². The van der Waals surface area contributed by atoms with Crippen molar-refractivity contribution in [1.29, 1.82) is 0 Å². The molecule has 0 aromatic carbocycles. The van der Waals surface area contributed by atoms with Crippen LogP contribution in [0.5, 0.6) is 0 Å². The van der Waals surface area contributed by atoms with Crippen LogP contribution in [0.4, 0.5) is 0 Å². The Morgan fingerprint density at radius 3 is 1.93 bits per heavy atom. The third-order valence-electron chi connectivity index (χ3n) is 1.08. The first-order chi connectivity index (χ1) is 5.99. The normalized spacial score (nSPS) is 11.4. The number of nitrogens with zero attached hydrogens (tertiary/aromatic N) is 1. The Hall–Kier alpha value is 0.790. The van der Waals surface area contributed by atoms with E-state index in [1.165, 1.54) is 0 Å². The summed E-state index contributed by atoms with van der Waals surface area (Å²) in [5.74, 6) is -0.410. The minimum absolute atomic E-state index is 0. The van der Waals surface area contributed by atoms with E-state index in [1.54, 1.807) is 13.8 Å². The zero-order valence-electron chi connectivity index (χ0n) is 8.76. The Morgan fingerprint density at radius 1 is 1.21 bits per heavy atom. The molecule has 8 heteroatoms. The van der Waals surface area contributed by atoms with Crippen molar-refractivity contribution in [1.82, 2.24) is 5.23 Å². The van der Waals surface area contributed by atoms with Gasteiger partial charge in [-0.15, -0.1) is 0 Å². The summed E-state index contributed by atoms with van der Waals surface area (Å²) in [6.07, 6.45) is 0. The zero-order valence-corrected chi connectivity index (χ0v) is 11.6. The van der Waals surface area contributed by atoms with Gasteiger partial charge >= 0.3 is 0 Å². The fourth-order valence-electron chi connectivity index (χ4n) is 0.644. The third-order valence-corrected chi connectivity index (χ3v) is 1.78. The van der Waals surface area contributed by atoms with Gasteiger partial charge in [0.05, 0.1) is 25.5 Å². The fraction of sp³-hybridized carbons (Fsp3) is 1.00. The minimum Gasteiger partial charge on any atom is -0.286 e. The van der Waals surface area contributed by atoms with Crippen LogP contribution in [0.25, 0.3) is 0 Å². The van der Waals surface area contributed by atoms with E-state index in [0.29, 0.717) is 13.2 Å². The predicted molar refractivity (Wildman–Crippen MR) is 52.1 cm³/mol. The Morgan fingerprint density at radius 2 is 1.64 bits per heavy atom. The maximum Gasteiger partial charge on any atom is 0.266 e. The standard InChI is InChI=1S/C6H15NO5S.Na/c1-3-11-7(12-4-2)5-6-13(8,9)10;/h3-6H2,1-2H3,(H,8,9,10);. The van der Waals surface area contributed by atoms with Gasteiger partial charge in [0.2, 0.25) is 0 Å². The molecule has 0 aliphatic rings. The molecule has 0 aliphatic heterocycles. The molecule has 6 nitrogen and oxygen atoms in total. The van der Waals surface area contributed by atoms with E-state index in [0.717, 1.165) is 5.23 Å². The summed E-state index contributed by atoms with van der Waals surface area (Å²) in [4.78, 5) is 9.83. The van der Waals surface area contributed by atoms with Crippen molar-refractivity contribution in [2.45, 2.75) is 13.8 Å². The van der Waals surface area contributed by atoms with Gasteiger partial charge in [0.25, 0.3) is 10.1 Å². The largest absolute Gasteiger partial charge is 0.286 e. The molecule has 0 amide bonds. The molecule has 0 spiro atoms. The van der Waals surface area contributed by atoms with Crippen molar-refractivity contribution < 1.29 is 22.6 Å². The molecule has 0 saturated heterocycles. The van der Waals surface area contributed by atoms with E-state index >= 15 is 0 Å². The molecule has 0 aromatic heterocycles. The summed E-state index contributed by atoms with van der Waals surface area (Å²) < 4.78 is 29.2. The Bertz CT molecular complexity index is 214. The van der Waals surface area contributed by atoms with Crippen LogP contribution >= 0.6 is 0 Å². The molecule has 0 fully saturated rings. The van der Waals surface area contributed by atoms with Crippen LogP contribution in [0.15, 0.2) is 0 Å². The van der Waals surface area contributed by atoms with Gasteiger partial charge < -0.3 is 0 Å². The van der Waals surface area contributed by atoms with E-state index < -0.39 is 15.9 Å². The van der Waals surface area contributed by atoms with Gasteiger partial charge in [-0.2, -0.15) is 8.42 Å². The SMILES string of the molecule is CCON(CCS(=O)(=O)O)OCC.[Na]. The van der Waals surface area contributed by atoms with E-state index in [-0.39, 0.29) is 36.1 Å². The van der Waals surface area contributed by atoms with Crippen LogP contribution in [0.2, 0.25) is 0 Å². The summed E-state index contributed by atoms with van der Waals surface area (Å²) in [5, 5.41) is 1.05. The average Bonchev–Trinajstić information content (AvgIpc) is 2.00. The molecule has 0 atom stereocenters. The first-order valence-electron chi connectivity index (χ1n) is 3.98. The molecule has 0 aromatic rings. The van der Waals surface area contributed by atoms with Gasteiger partial charge in [-0.05, 0) is 13.8 Å². The number of hydrogen-bond acceptors (Lipinski definition) is 5. The molecule has 0 unspecified atom stereocenters. The van der Waals surface area contributed by atoms with Crippen LogP contribution in [-0.2, 0) is 19.8 Å². The Labute approximate surface area is 107 Å². The molecule has 0 aliphatic carbocycles. The Balaban J connectivity index is 0. The van der Waals surface area contributed by atoms with Crippen molar-refractivity contribution in [2.75, 3.05) is 25.5 Å². The summed E-state index contributed by atoms with van der Waals surface area (Å²) in [5.41, 5.74) is 0. The first-order valence-corrected chi connectivity index (χ1v) is 5.59. The minimum atomic E-state index is -3.96. The monoisotopic (exact) mass is 236 g/mol. The molecule has 81 valence electrons. The molecule has 0 rings (SSSR count). The van der Waals surface area contributed by atoms with Crippen LogP contribution < -0.4 is 0 Å². The van der Waals surface area contributed by atoms with Gasteiger partial charge in [0.15, 0.2) is 0 Å². The second-order valence-corrected chi connectivity index (χ2v) is 3.75. The smallest absolute Gasteiger partial charge is 0.266 e. The van der Waals surface area contributed by atoms with Crippen LogP contribution in [0.3, 0.4) is 0 Å². The summed E-state index contributed by atoms with van der Waals surface area (Å²) in [6, 6.07) is 0. The topological polar surface area (TPSA) is 76.1 Å². The van der Waals surface area contributed by atoms with E-state index in [2.05, 4.69) is 0 Å². The van der Waals surface area contributed by atoms with Crippen LogP contribution in [-0.4, -0.2) is 73.3 Å². The molecule has 1 N–H and O–H groups in total. The predicted octanol–water partition coefficient (Wildman–Crippen LogP) is -0.302. The van der Waals surface area contributed by atoms with Crippen molar-refractivity contribution in [3.05, 3.63) is 0 Å². The number of hydroxylamine groups is 2. The average molecular weight is 236 g/mol. The van der Waals surface area contributed by atoms with Crippen molar-refractivity contribution >= 4 is 39.7 Å². The van der Waals surface area contributed by atoms with Crippen molar-refractivity contribution in [2.24, 2.45) is 0 Å². The molecule has 0 heterocycles. The second kappa shape index (κ2) is 9.05. The molecule has 14 heavy (non-hydrogen) atoms. The Kier molecular flexibility index (Phi) is 11.1. The van der Waals surface area contributed by atoms with Gasteiger partial charge in [0.1, 0.15) is 0 Å². The van der Waals surface area contributed by atoms with Crippen LogP contribution in [0.1, 0.15) is 13.8 Å². The zero-order chi connectivity index (χ0) is 10.3. The first kappa shape index (κ1) is 17.2.